The number of nitrogens with one attached hydrogen (secondary N) is 1. The lowest BCUT2D eigenvalue weighted by atomic mass is 10.1. The van der Waals surface area contributed by atoms with Gasteiger partial charge in [-0.3, -0.25) is 24.6 Å². The number of halogens is 1. The number of imide groups is 1. The second kappa shape index (κ2) is 7.97. The van der Waals surface area contributed by atoms with Gasteiger partial charge in [-0.25, -0.2) is 9.37 Å². The molecule has 158 valence electrons. The topological polar surface area (TPSA) is 79.4 Å². The van der Waals surface area contributed by atoms with Crippen LogP contribution in [0.5, 0.6) is 0 Å². The number of carbonyl (C=O) groups is 3. The van der Waals surface area contributed by atoms with Crippen molar-refractivity contribution in [3.05, 3.63) is 94.8 Å². The summed E-state index contributed by atoms with van der Waals surface area (Å²) in [5.74, 6) is -1.61. The average Bonchev–Trinajstić information content (AvgIpc) is 3.30. The van der Waals surface area contributed by atoms with Gasteiger partial charge in [0, 0.05) is 12.1 Å². The Hall–Kier alpha value is -3.91. The number of hydrogen-bond acceptors (Lipinski definition) is 5. The smallest absolute Gasteiger partial charge is 0.261 e. The van der Waals surface area contributed by atoms with E-state index >= 15 is 0 Å². The molecule has 0 aliphatic carbocycles. The highest BCUT2D eigenvalue weighted by Gasteiger charge is 2.35. The molecule has 32 heavy (non-hydrogen) atoms. The molecule has 1 aliphatic rings. The van der Waals surface area contributed by atoms with Crippen molar-refractivity contribution in [2.45, 2.75) is 6.42 Å². The summed E-state index contributed by atoms with van der Waals surface area (Å²) in [7, 11) is 0. The number of anilines is 1. The fourth-order valence-corrected chi connectivity index (χ4v) is 4.53. The molecule has 0 atom stereocenters. The summed E-state index contributed by atoms with van der Waals surface area (Å²) in [4.78, 5) is 43.7. The first-order valence-electron chi connectivity index (χ1n) is 9.91. The Kier molecular flexibility index (Phi) is 4.99. The predicted octanol–water partition coefficient (Wildman–Crippen LogP) is 4.53. The maximum atomic E-state index is 13.4. The zero-order valence-electron chi connectivity index (χ0n) is 16.7. The SMILES string of the molecule is O=C(Nc1nc2ccc(F)cc2s1)c1ccc2c(c1)C(=O)N(CCc1ccccc1)C2=O. The van der Waals surface area contributed by atoms with Crippen LogP contribution in [0.2, 0.25) is 0 Å². The summed E-state index contributed by atoms with van der Waals surface area (Å²) in [6.07, 6.45) is 0.553. The third-order valence-corrected chi connectivity index (χ3v) is 6.20. The fourth-order valence-electron chi connectivity index (χ4n) is 3.64. The predicted molar refractivity (Wildman–Crippen MR) is 119 cm³/mol. The summed E-state index contributed by atoms with van der Waals surface area (Å²) >= 11 is 1.15. The lowest BCUT2D eigenvalue weighted by Gasteiger charge is -2.13. The van der Waals surface area contributed by atoms with Crippen molar-refractivity contribution >= 4 is 44.4 Å². The Balaban J connectivity index is 1.33. The molecule has 1 N–H and O–H groups in total. The first-order valence-corrected chi connectivity index (χ1v) is 10.7. The molecule has 3 aromatic carbocycles. The normalized spacial score (nSPS) is 13.0. The molecular weight excluding hydrogens is 429 g/mol. The third-order valence-electron chi connectivity index (χ3n) is 5.27. The van der Waals surface area contributed by atoms with Crippen molar-refractivity contribution < 1.29 is 18.8 Å². The van der Waals surface area contributed by atoms with Crippen molar-refractivity contribution in [2.24, 2.45) is 0 Å². The number of thiazole rings is 1. The van der Waals surface area contributed by atoms with Crippen LogP contribution in [0.25, 0.3) is 10.2 Å². The van der Waals surface area contributed by atoms with Gasteiger partial charge in [0.1, 0.15) is 5.82 Å². The lowest BCUT2D eigenvalue weighted by Crippen LogP contribution is -2.31. The van der Waals surface area contributed by atoms with Gasteiger partial charge in [0.2, 0.25) is 0 Å². The summed E-state index contributed by atoms with van der Waals surface area (Å²) in [5.41, 5.74) is 2.34. The van der Waals surface area contributed by atoms with E-state index in [-0.39, 0.29) is 35.0 Å². The van der Waals surface area contributed by atoms with Gasteiger partial charge >= 0.3 is 0 Å². The number of hydrogen-bond donors (Lipinski definition) is 1. The van der Waals surface area contributed by atoms with Crippen molar-refractivity contribution in [3.8, 4) is 0 Å². The standard InChI is InChI=1S/C24H16FN3O3S/c25-16-7-9-19-20(13-16)32-24(26-19)27-21(29)15-6-8-17-18(12-15)23(31)28(22(17)30)11-10-14-4-2-1-3-5-14/h1-9,12-13H,10-11H2,(H,26,27,29). The van der Waals surface area contributed by atoms with Crippen molar-refractivity contribution in [1.29, 1.82) is 0 Å². The van der Waals surface area contributed by atoms with E-state index in [1.165, 1.54) is 35.2 Å². The molecule has 0 saturated carbocycles. The van der Waals surface area contributed by atoms with Gasteiger partial charge in [0.25, 0.3) is 17.7 Å². The van der Waals surface area contributed by atoms with Gasteiger partial charge in [0.05, 0.1) is 21.3 Å². The van der Waals surface area contributed by atoms with Crippen LogP contribution in [-0.2, 0) is 6.42 Å². The van der Waals surface area contributed by atoms with Gasteiger partial charge in [-0.15, -0.1) is 0 Å². The summed E-state index contributed by atoms with van der Waals surface area (Å²) in [6.45, 7) is 0.264. The maximum Gasteiger partial charge on any atom is 0.261 e. The van der Waals surface area contributed by atoms with Gasteiger partial charge in [0.15, 0.2) is 5.13 Å². The number of rotatable bonds is 5. The summed E-state index contributed by atoms with van der Waals surface area (Å²) < 4.78 is 14.0. The van der Waals surface area contributed by atoms with Gasteiger partial charge in [-0.05, 0) is 48.4 Å². The molecule has 0 radical (unpaired) electrons. The summed E-state index contributed by atoms with van der Waals surface area (Å²) in [6, 6.07) is 18.2. The van der Waals surface area contributed by atoms with Gasteiger partial charge < -0.3 is 0 Å². The fraction of sp³-hybridized carbons (Fsp3) is 0.0833. The monoisotopic (exact) mass is 445 g/mol. The van der Waals surface area contributed by atoms with E-state index in [1.807, 2.05) is 30.3 Å². The number of amides is 3. The molecule has 0 fully saturated rings. The van der Waals surface area contributed by atoms with E-state index in [9.17, 15) is 18.8 Å². The Bertz CT molecular complexity index is 1380. The number of aromatic nitrogens is 1. The van der Waals surface area contributed by atoms with E-state index in [0.29, 0.717) is 21.8 Å². The van der Waals surface area contributed by atoms with Crippen molar-refractivity contribution in [2.75, 3.05) is 11.9 Å². The molecule has 8 heteroatoms. The minimum atomic E-state index is -0.463. The Morgan fingerprint density at radius 2 is 1.75 bits per heavy atom. The average molecular weight is 445 g/mol. The van der Waals surface area contributed by atoms with Crippen LogP contribution in [0, 0.1) is 5.82 Å². The molecule has 0 spiro atoms. The number of carbonyl (C=O) groups excluding carboxylic acids is 3. The largest absolute Gasteiger partial charge is 0.298 e. The Morgan fingerprint density at radius 1 is 0.969 bits per heavy atom. The molecule has 3 amide bonds. The Morgan fingerprint density at radius 3 is 2.56 bits per heavy atom. The van der Waals surface area contributed by atoms with Crippen LogP contribution >= 0.6 is 11.3 Å². The zero-order chi connectivity index (χ0) is 22.2. The lowest BCUT2D eigenvalue weighted by molar-refractivity contribution is 0.0656. The van der Waals surface area contributed by atoms with Crippen molar-refractivity contribution in [3.63, 3.8) is 0 Å². The maximum absolute atomic E-state index is 13.4. The molecule has 1 aromatic heterocycles. The highest BCUT2D eigenvalue weighted by atomic mass is 32.1. The van der Waals surface area contributed by atoms with E-state index in [4.69, 9.17) is 0 Å². The zero-order valence-corrected chi connectivity index (χ0v) is 17.5. The number of fused-ring (bicyclic) bond motifs is 2. The first-order chi connectivity index (χ1) is 15.5. The molecule has 0 saturated heterocycles. The third kappa shape index (κ3) is 3.65. The second-order valence-corrected chi connectivity index (χ2v) is 8.37. The number of nitrogens with zero attached hydrogens (tertiary/aromatic N) is 2. The molecule has 2 heterocycles. The van der Waals surface area contributed by atoms with E-state index < -0.39 is 11.8 Å². The second-order valence-electron chi connectivity index (χ2n) is 7.34. The van der Waals surface area contributed by atoms with Gasteiger partial charge in [-0.1, -0.05) is 41.7 Å². The van der Waals surface area contributed by atoms with Gasteiger partial charge in [-0.2, -0.15) is 0 Å². The molecule has 0 unspecified atom stereocenters. The highest BCUT2D eigenvalue weighted by Crippen LogP contribution is 2.28. The van der Waals surface area contributed by atoms with Crippen molar-refractivity contribution in [1.82, 2.24) is 9.88 Å². The van der Waals surface area contributed by atoms with E-state index in [1.54, 1.807) is 6.07 Å². The Labute approximate surface area is 186 Å². The van der Waals surface area contributed by atoms with Crippen LogP contribution in [0.3, 0.4) is 0 Å². The molecule has 4 aromatic rings. The van der Waals surface area contributed by atoms with E-state index in [0.717, 1.165) is 16.9 Å². The first kappa shape index (κ1) is 20.0. The molecule has 0 bridgehead atoms. The van der Waals surface area contributed by atoms with Crippen LogP contribution in [-0.4, -0.2) is 34.2 Å². The van der Waals surface area contributed by atoms with E-state index in [2.05, 4.69) is 10.3 Å². The molecule has 5 rings (SSSR count). The van der Waals surface area contributed by atoms with Crippen LogP contribution < -0.4 is 5.32 Å². The number of benzene rings is 3. The quantitative estimate of drug-likeness (QED) is 0.458. The summed E-state index contributed by atoms with van der Waals surface area (Å²) in [5, 5.41) is 3.00. The van der Waals surface area contributed by atoms with Crippen LogP contribution in [0.1, 0.15) is 36.6 Å². The highest BCUT2D eigenvalue weighted by molar-refractivity contribution is 7.22. The molecule has 1 aliphatic heterocycles. The van der Waals surface area contributed by atoms with Crippen LogP contribution in [0.4, 0.5) is 9.52 Å². The molecule has 6 nitrogen and oxygen atoms in total. The minimum Gasteiger partial charge on any atom is -0.298 e. The minimum absolute atomic E-state index is 0.210. The van der Waals surface area contributed by atoms with Crippen LogP contribution in [0.15, 0.2) is 66.7 Å². The molecular formula is C24H16FN3O3S.